The lowest BCUT2D eigenvalue weighted by Crippen LogP contribution is -2.16. The highest BCUT2D eigenvalue weighted by Crippen LogP contribution is 2.25. The summed E-state index contributed by atoms with van der Waals surface area (Å²) >= 11 is 0. The molecule has 0 unspecified atom stereocenters. The topological polar surface area (TPSA) is 22.1 Å². The van der Waals surface area contributed by atoms with E-state index in [0.717, 1.165) is 11.1 Å². The van der Waals surface area contributed by atoms with Gasteiger partial charge in [-0.05, 0) is 23.8 Å². The lowest BCUT2D eigenvalue weighted by atomic mass is 10.1. The predicted molar refractivity (Wildman–Crippen MR) is 55.2 cm³/mol. The van der Waals surface area contributed by atoms with Gasteiger partial charge in [0.2, 0.25) is 0 Å². The summed E-state index contributed by atoms with van der Waals surface area (Å²) in [6, 6.07) is 10.1. The maximum atomic E-state index is 11.9. The highest BCUT2D eigenvalue weighted by Gasteiger charge is 2.30. The van der Waals surface area contributed by atoms with E-state index in [1.165, 1.54) is 30.5 Å². The normalized spacial score (nSPS) is 11.2. The Kier molecular flexibility index (Phi) is 2.99. The number of ether oxygens (including phenoxy) is 1. The van der Waals surface area contributed by atoms with Gasteiger partial charge in [0.15, 0.2) is 0 Å². The fourth-order valence-electron chi connectivity index (χ4n) is 1.33. The van der Waals surface area contributed by atoms with Crippen LogP contribution in [0.5, 0.6) is 5.75 Å². The van der Waals surface area contributed by atoms with Crippen LogP contribution in [-0.4, -0.2) is 11.3 Å². The molecule has 0 bridgehead atoms. The molecule has 2 nitrogen and oxygen atoms in total. The van der Waals surface area contributed by atoms with Gasteiger partial charge in [0, 0.05) is 24.0 Å². The lowest BCUT2D eigenvalue weighted by Gasteiger charge is -2.09. The van der Waals surface area contributed by atoms with Gasteiger partial charge in [-0.25, -0.2) is 0 Å². The van der Waals surface area contributed by atoms with Crippen LogP contribution in [0.2, 0.25) is 0 Å². The summed E-state index contributed by atoms with van der Waals surface area (Å²) < 4.78 is 39.6. The van der Waals surface area contributed by atoms with E-state index < -0.39 is 6.36 Å². The Bertz CT molecular complexity index is 479. The summed E-state index contributed by atoms with van der Waals surface area (Å²) in [5.74, 6) is -0.242. The second-order valence-electron chi connectivity index (χ2n) is 3.25. The summed E-state index contributed by atoms with van der Waals surface area (Å²) in [6.07, 6.45) is -1.55. The molecule has 0 atom stereocenters. The molecule has 0 aliphatic carbocycles. The number of aromatic nitrogens is 1. The maximum absolute atomic E-state index is 11.9. The van der Waals surface area contributed by atoms with Crippen LogP contribution in [0.3, 0.4) is 0 Å². The third-order valence-corrected chi connectivity index (χ3v) is 2.02. The highest BCUT2D eigenvalue weighted by molar-refractivity contribution is 5.62. The first-order valence-electron chi connectivity index (χ1n) is 4.72. The van der Waals surface area contributed by atoms with Gasteiger partial charge in [0.1, 0.15) is 5.75 Å². The average molecular weight is 238 g/mol. The molecule has 0 fully saturated rings. The molecule has 0 N–H and O–H groups in total. The molecular formula is C12H7F3NO. The second-order valence-corrected chi connectivity index (χ2v) is 3.25. The smallest absolute Gasteiger partial charge is 0.406 e. The number of nitrogens with zero attached hydrogens (tertiary/aromatic N) is 1. The number of pyridine rings is 1. The zero-order chi connectivity index (χ0) is 12.3. The van der Waals surface area contributed by atoms with Crippen molar-refractivity contribution in [3.05, 3.63) is 48.8 Å². The third kappa shape index (κ3) is 3.21. The van der Waals surface area contributed by atoms with Crippen molar-refractivity contribution >= 4 is 0 Å². The Morgan fingerprint density at radius 2 is 1.76 bits per heavy atom. The van der Waals surface area contributed by atoms with Crippen molar-refractivity contribution in [3.8, 4) is 16.9 Å². The molecule has 1 radical (unpaired) electrons. The van der Waals surface area contributed by atoms with Gasteiger partial charge < -0.3 is 4.74 Å². The standard InChI is InChI=1S/C12H7F3NO/c13-12(14,15)17-11-5-3-9(4-6-11)10-2-1-7-16-8-10/h2-8H. The lowest BCUT2D eigenvalue weighted by molar-refractivity contribution is -0.274. The highest BCUT2D eigenvalue weighted by atomic mass is 19.4. The molecule has 1 heterocycles. The Hall–Kier alpha value is -2.04. The van der Waals surface area contributed by atoms with E-state index in [4.69, 9.17) is 0 Å². The van der Waals surface area contributed by atoms with E-state index in [1.54, 1.807) is 12.3 Å². The van der Waals surface area contributed by atoms with Gasteiger partial charge >= 0.3 is 6.36 Å². The summed E-state index contributed by atoms with van der Waals surface area (Å²) in [5, 5.41) is 0. The first-order chi connectivity index (χ1) is 8.04. The molecule has 0 saturated heterocycles. The maximum Gasteiger partial charge on any atom is 0.573 e. The van der Waals surface area contributed by atoms with Crippen molar-refractivity contribution < 1.29 is 17.9 Å². The summed E-state index contributed by atoms with van der Waals surface area (Å²) in [4.78, 5) is 3.88. The summed E-state index contributed by atoms with van der Waals surface area (Å²) in [5.41, 5.74) is 1.54. The summed E-state index contributed by atoms with van der Waals surface area (Å²) in [7, 11) is 0. The van der Waals surface area contributed by atoms with Crippen LogP contribution < -0.4 is 4.74 Å². The van der Waals surface area contributed by atoms with E-state index in [-0.39, 0.29) is 5.75 Å². The van der Waals surface area contributed by atoms with E-state index in [0.29, 0.717) is 0 Å². The molecule has 1 aromatic heterocycles. The molecule has 0 spiro atoms. The number of benzene rings is 1. The third-order valence-electron chi connectivity index (χ3n) is 2.02. The van der Waals surface area contributed by atoms with Gasteiger partial charge in [-0.2, -0.15) is 0 Å². The number of rotatable bonds is 2. The molecule has 0 amide bonds. The number of halogens is 3. The number of hydrogen-bond acceptors (Lipinski definition) is 2. The van der Waals surface area contributed by atoms with Crippen molar-refractivity contribution in [2.75, 3.05) is 0 Å². The monoisotopic (exact) mass is 238 g/mol. The second kappa shape index (κ2) is 4.45. The van der Waals surface area contributed by atoms with Crippen molar-refractivity contribution in [2.45, 2.75) is 6.36 Å². The quantitative estimate of drug-likeness (QED) is 0.799. The Balaban J connectivity index is 2.19. The van der Waals surface area contributed by atoms with Gasteiger partial charge in [0.05, 0.1) is 0 Å². The zero-order valence-corrected chi connectivity index (χ0v) is 8.53. The molecule has 2 rings (SSSR count). The molecule has 0 aliphatic rings. The minimum Gasteiger partial charge on any atom is -0.406 e. The van der Waals surface area contributed by atoms with Crippen LogP contribution in [0.15, 0.2) is 42.7 Å². The Morgan fingerprint density at radius 3 is 2.29 bits per heavy atom. The van der Waals surface area contributed by atoms with Crippen molar-refractivity contribution in [3.63, 3.8) is 0 Å². The van der Waals surface area contributed by atoms with E-state index >= 15 is 0 Å². The molecule has 17 heavy (non-hydrogen) atoms. The molecule has 87 valence electrons. The van der Waals surface area contributed by atoms with Gasteiger partial charge in [-0.15, -0.1) is 13.2 Å². The molecule has 0 aliphatic heterocycles. The van der Waals surface area contributed by atoms with Gasteiger partial charge in [0.25, 0.3) is 0 Å². The molecule has 1 aromatic carbocycles. The average Bonchev–Trinajstić information content (AvgIpc) is 2.29. The first kappa shape index (κ1) is 11.4. The number of alkyl halides is 3. The van der Waals surface area contributed by atoms with Crippen LogP contribution in [0.25, 0.3) is 11.1 Å². The SMILES string of the molecule is FC(F)(F)Oc1ccc(-c2c[c]cnc2)cc1. The van der Waals surface area contributed by atoms with Crippen molar-refractivity contribution in [2.24, 2.45) is 0 Å². The fraction of sp³-hybridized carbons (Fsp3) is 0.0833. The minimum atomic E-state index is -4.66. The first-order valence-corrected chi connectivity index (χ1v) is 4.72. The zero-order valence-electron chi connectivity index (χ0n) is 8.53. The molecule has 2 aromatic rings. The Morgan fingerprint density at radius 1 is 1.06 bits per heavy atom. The van der Waals surface area contributed by atoms with Crippen LogP contribution in [-0.2, 0) is 0 Å². The molecule has 5 heteroatoms. The van der Waals surface area contributed by atoms with Gasteiger partial charge in [-0.3, -0.25) is 4.98 Å². The van der Waals surface area contributed by atoms with Gasteiger partial charge in [-0.1, -0.05) is 12.1 Å². The fourth-order valence-corrected chi connectivity index (χ4v) is 1.33. The van der Waals surface area contributed by atoms with Crippen LogP contribution >= 0.6 is 0 Å². The van der Waals surface area contributed by atoms with Crippen molar-refractivity contribution in [1.29, 1.82) is 0 Å². The van der Waals surface area contributed by atoms with Crippen molar-refractivity contribution in [1.82, 2.24) is 4.98 Å². The number of hydrogen-bond donors (Lipinski definition) is 0. The van der Waals surface area contributed by atoms with Crippen LogP contribution in [0.1, 0.15) is 0 Å². The largest absolute Gasteiger partial charge is 0.573 e. The molecule has 0 saturated carbocycles. The Labute approximate surface area is 95.7 Å². The molecular weight excluding hydrogens is 231 g/mol. The van der Waals surface area contributed by atoms with E-state index in [9.17, 15) is 13.2 Å². The van der Waals surface area contributed by atoms with Crippen LogP contribution in [0.4, 0.5) is 13.2 Å². The van der Waals surface area contributed by atoms with E-state index in [2.05, 4.69) is 15.8 Å². The minimum absolute atomic E-state index is 0.242. The summed E-state index contributed by atoms with van der Waals surface area (Å²) in [6.45, 7) is 0. The predicted octanol–water partition coefficient (Wildman–Crippen LogP) is 3.45. The van der Waals surface area contributed by atoms with Crippen LogP contribution in [0, 0.1) is 6.07 Å². The van der Waals surface area contributed by atoms with E-state index in [1.807, 2.05) is 0 Å².